The van der Waals surface area contributed by atoms with Gasteiger partial charge in [0.05, 0.1) is 6.61 Å². The van der Waals surface area contributed by atoms with Crippen molar-refractivity contribution in [1.82, 2.24) is 0 Å². The quantitative estimate of drug-likeness (QED) is 0.615. The predicted molar refractivity (Wildman–Crippen MR) is 51.6 cm³/mol. The Morgan fingerprint density at radius 1 is 1.60 bits per heavy atom. The van der Waals surface area contributed by atoms with E-state index >= 15 is 0 Å². The lowest BCUT2D eigenvalue weighted by Crippen LogP contribution is -2.02. The highest BCUT2D eigenvalue weighted by Gasteiger charge is 2.03. The lowest BCUT2D eigenvalue weighted by Gasteiger charge is -2.08. The molecule has 0 aromatic carbocycles. The molecule has 0 aliphatic carbocycles. The largest absolute Gasteiger partial charge is 0.479 e. The summed E-state index contributed by atoms with van der Waals surface area (Å²) in [6, 6.07) is 0. The lowest BCUT2D eigenvalue weighted by molar-refractivity contribution is 0.346. The van der Waals surface area contributed by atoms with Crippen LogP contribution in [-0.2, 0) is 4.74 Å². The van der Waals surface area contributed by atoms with Crippen molar-refractivity contribution in [3.8, 4) is 0 Å². The molecule has 60 valence electrons. The fourth-order valence-electron chi connectivity index (χ4n) is 0.399. The Bertz CT molecular complexity index is 104. The third kappa shape index (κ3) is 5.06. The molecule has 0 bridgehead atoms. The van der Waals surface area contributed by atoms with Gasteiger partial charge < -0.3 is 4.74 Å². The van der Waals surface area contributed by atoms with E-state index in [2.05, 4.69) is 13.8 Å². The fraction of sp³-hybridized carbons (Fsp3) is 0.857. The van der Waals surface area contributed by atoms with Crippen LogP contribution in [0.5, 0.6) is 0 Å². The molecule has 0 fully saturated rings. The summed E-state index contributed by atoms with van der Waals surface area (Å²) in [7, 11) is 0. The van der Waals surface area contributed by atoms with Gasteiger partial charge in [-0.3, -0.25) is 0 Å². The van der Waals surface area contributed by atoms with Gasteiger partial charge in [-0.15, -0.1) is 0 Å². The van der Waals surface area contributed by atoms with Crippen molar-refractivity contribution in [2.24, 2.45) is 0 Å². The molecule has 0 radical (unpaired) electrons. The highest BCUT2D eigenvalue weighted by atomic mass is 32.2. The van der Waals surface area contributed by atoms with E-state index in [1.165, 1.54) is 0 Å². The van der Waals surface area contributed by atoms with Gasteiger partial charge in [-0.25, -0.2) is 0 Å². The highest BCUT2D eigenvalue weighted by molar-refractivity contribution is 8.23. The molecule has 0 aliphatic rings. The number of thioether (sulfide) groups is 1. The molecule has 0 aromatic heterocycles. The van der Waals surface area contributed by atoms with Crippen LogP contribution in [0.2, 0.25) is 0 Å². The maximum Gasteiger partial charge on any atom is 0.220 e. The summed E-state index contributed by atoms with van der Waals surface area (Å²) in [5.74, 6) is 0. The standard InChI is InChI=1S/C7H14OS2/c1-4-6(3)10-7(9)8-5-2/h6H,4-5H2,1-3H3. The van der Waals surface area contributed by atoms with Crippen molar-refractivity contribution < 1.29 is 4.74 Å². The molecule has 1 nitrogen and oxygen atoms in total. The molecular weight excluding hydrogens is 164 g/mol. The molecule has 0 rings (SSSR count). The van der Waals surface area contributed by atoms with Crippen molar-refractivity contribution >= 4 is 28.4 Å². The van der Waals surface area contributed by atoms with Crippen LogP contribution in [0.1, 0.15) is 27.2 Å². The molecule has 1 atom stereocenters. The van der Waals surface area contributed by atoms with Crippen molar-refractivity contribution in [1.29, 1.82) is 0 Å². The van der Waals surface area contributed by atoms with Crippen LogP contribution in [0.3, 0.4) is 0 Å². The Hall–Kier alpha value is 0.240. The van der Waals surface area contributed by atoms with Gasteiger partial charge in [0.1, 0.15) is 0 Å². The van der Waals surface area contributed by atoms with Crippen LogP contribution in [0, 0.1) is 0 Å². The molecule has 3 heteroatoms. The number of hydrogen-bond acceptors (Lipinski definition) is 3. The zero-order valence-electron chi connectivity index (χ0n) is 6.72. The van der Waals surface area contributed by atoms with Gasteiger partial charge in [0, 0.05) is 5.25 Å². The van der Waals surface area contributed by atoms with Crippen molar-refractivity contribution in [2.75, 3.05) is 6.61 Å². The fourth-order valence-corrected chi connectivity index (χ4v) is 1.69. The van der Waals surface area contributed by atoms with Gasteiger partial charge >= 0.3 is 0 Å². The highest BCUT2D eigenvalue weighted by Crippen LogP contribution is 2.16. The summed E-state index contributed by atoms with van der Waals surface area (Å²) >= 11 is 6.57. The third-order valence-electron chi connectivity index (χ3n) is 1.13. The molecular formula is C7H14OS2. The maximum absolute atomic E-state index is 5.11. The summed E-state index contributed by atoms with van der Waals surface area (Å²) in [5.41, 5.74) is 0. The monoisotopic (exact) mass is 178 g/mol. The second-order valence-corrected chi connectivity index (χ2v) is 4.06. The normalized spacial score (nSPS) is 12.7. The van der Waals surface area contributed by atoms with Crippen molar-refractivity contribution in [2.45, 2.75) is 32.4 Å². The average molecular weight is 178 g/mol. The molecule has 0 saturated heterocycles. The molecule has 0 saturated carbocycles. The summed E-state index contributed by atoms with van der Waals surface area (Å²) in [5, 5.41) is 0.582. The van der Waals surface area contributed by atoms with E-state index in [4.69, 9.17) is 17.0 Å². The zero-order chi connectivity index (χ0) is 7.98. The Labute approximate surface area is 72.5 Å². The summed E-state index contributed by atoms with van der Waals surface area (Å²) in [6.45, 7) is 6.92. The number of thiocarbonyl (C=S) groups is 1. The zero-order valence-corrected chi connectivity index (χ0v) is 8.35. The Morgan fingerprint density at radius 3 is 2.60 bits per heavy atom. The van der Waals surface area contributed by atoms with Gasteiger partial charge in [-0.05, 0) is 25.6 Å². The minimum Gasteiger partial charge on any atom is -0.479 e. The van der Waals surface area contributed by atoms with E-state index in [1.54, 1.807) is 11.8 Å². The first-order valence-electron chi connectivity index (χ1n) is 3.54. The van der Waals surface area contributed by atoms with Gasteiger partial charge in [-0.2, -0.15) is 0 Å². The van der Waals surface area contributed by atoms with E-state index in [-0.39, 0.29) is 0 Å². The molecule has 0 aliphatic heterocycles. The number of ether oxygens (including phenoxy) is 1. The summed E-state index contributed by atoms with van der Waals surface area (Å²) < 4.78 is 5.79. The summed E-state index contributed by atoms with van der Waals surface area (Å²) in [6.07, 6.45) is 1.14. The van der Waals surface area contributed by atoms with Gasteiger partial charge in [0.2, 0.25) is 4.38 Å². The molecule has 0 N–H and O–H groups in total. The minimum atomic E-state index is 0.582. The van der Waals surface area contributed by atoms with Crippen LogP contribution in [0.15, 0.2) is 0 Å². The van der Waals surface area contributed by atoms with Crippen molar-refractivity contribution in [3.05, 3.63) is 0 Å². The second-order valence-electron chi connectivity index (χ2n) is 2.02. The third-order valence-corrected chi connectivity index (χ3v) is 2.59. The molecule has 0 aromatic rings. The van der Waals surface area contributed by atoms with Crippen LogP contribution in [0.25, 0.3) is 0 Å². The van der Waals surface area contributed by atoms with E-state index in [9.17, 15) is 0 Å². The minimum absolute atomic E-state index is 0.582. The Kier molecular flexibility index (Phi) is 6.13. The first-order chi connectivity index (χ1) is 4.70. The van der Waals surface area contributed by atoms with E-state index in [1.807, 2.05) is 6.92 Å². The predicted octanol–water partition coefficient (Wildman–Crippen LogP) is 2.84. The number of rotatable bonds is 3. The van der Waals surface area contributed by atoms with Gasteiger partial charge in [-0.1, -0.05) is 25.6 Å². The van der Waals surface area contributed by atoms with Crippen LogP contribution in [-0.4, -0.2) is 16.2 Å². The van der Waals surface area contributed by atoms with Crippen LogP contribution >= 0.6 is 24.0 Å². The van der Waals surface area contributed by atoms with E-state index < -0.39 is 0 Å². The molecule has 10 heavy (non-hydrogen) atoms. The van der Waals surface area contributed by atoms with Crippen LogP contribution in [0.4, 0.5) is 0 Å². The Morgan fingerprint density at radius 2 is 2.20 bits per heavy atom. The topological polar surface area (TPSA) is 9.23 Å². The van der Waals surface area contributed by atoms with Crippen LogP contribution < -0.4 is 0 Å². The smallest absolute Gasteiger partial charge is 0.220 e. The Balaban J connectivity index is 3.37. The first-order valence-corrected chi connectivity index (χ1v) is 4.82. The van der Waals surface area contributed by atoms with Gasteiger partial charge in [0.25, 0.3) is 0 Å². The second kappa shape index (κ2) is 5.98. The molecule has 0 spiro atoms. The van der Waals surface area contributed by atoms with E-state index in [0.29, 0.717) is 16.2 Å². The van der Waals surface area contributed by atoms with Gasteiger partial charge in [0.15, 0.2) is 0 Å². The first kappa shape index (κ1) is 10.2. The maximum atomic E-state index is 5.11. The van der Waals surface area contributed by atoms with E-state index in [0.717, 1.165) is 6.42 Å². The molecule has 0 amide bonds. The average Bonchev–Trinajstić information content (AvgIpc) is 1.88. The van der Waals surface area contributed by atoms with Crippen molar-refractivity contribution in [3.63, 3.8) is 0 Å². The molecule has 1 unspecified atom stereocenters. The molecule has 0 heterocycles. The SMILES string of the molecule is CCOC(=S)SC(C)CC. The lowest BCUT2D eigenvalue weighted by atomic mass is 10.4. The number of hydrogen-bond donors (Lipinski definition) is 0. The summed E-state index contributed by atoms with van der Waals surface area (Å²) in [4.78, 5) is 0.